The van der Waals surface area contributed by atoms with Crippen LogP contribution in [-0.2, 0) is 0 Å². The minimum absolute atomic E-state index is 0.0867. The summed E-state index contributed by atoms with van der Waals surface area (Å²) in [5, 5.41) is 13.9. The SMILES string of the molecule is CN/C=C(\C=N)c1cc(OC)cc([C@@H](C)NC(=O)c2cc(N3C[C@H]4CC[C@@H](C3)N4C)ccc2C)c1. The molecule has 3 N–H and O–H groups in total. The van der Waals surface area contributed by atoms with E-state index in [2.05, 4.69) is 39.6 Å². The van der Waals surface area contributed by atoms with Gasteiger partial charge in [-0.25, -0.2) is 0 Å². The molecule has 2 aromatic carbocycles. The predicted octanol–water partition coefficient (Wildman–Crippen LogP) is 3.99. The zero-order valence-corrected chi connectivity index (χ0v) is 21.4. The fourth-order valence-corrected chi connectivity index (χ4v) is 5.25. The summed E-state index contributed by atoms with van der Waals surface area (Å²) in [7, 11) is 5.66. The summed E-state index contributed by atoms with van der Waals surface area (Å²) in [6.07, 6.45) is 5.58. The van der Waals surface area contributed by atoms with Crippen LogP contribution in [0.25, 0.3) is 5.57 Å². The van der Waals surface area contributed by atoms with Gasteiger partial charge in [0.15, 0.2) is 0 Å². The van der Waals surface area contributed by atoms with Crippen LogP contribution in [0, 0.1) is 12.3 Å². The molecule has 7 heteroatoms. The van der Waals surface area contributed by atoms with Gasteiger partial charge >= 0.3 is 0 Å². The Bertz CT molecular complexity index is 1110. The van der Waals surface area contributed by atoms with E-state index in [9.17, 15) is 4.79 Å². The molecule has 2 fully saturated rings. The third-order valence-electron chi connectivity index (χ3n) is 7.48. The van der Waals surface area contributed by atoms with Gasteiger partial charge in [0.25, 0.3) is 5.91 Å². The largest absolute Gasteiger partial charge is 0.497 e. The van der Waals surface area contributed by atoms with E-state index in [0.29, 0.717) is 23.4 Å². The lowest BCUT2D eigenvalue weighted by molar-refractivity contribution is 0.0939. The number of likely N-dealkylation sites (N-methyl/N-ethyl adjacent to an activating group) is 1. The number of hydrogen-bond acceptors (Lipinski definition) is 6. The molecule has 3 atom stereocenters. The first-order valence-corrected chi connectivity index (χ1v) is 12.3. The van der Waals surface area contributed by atoms with E-state index in [4.69, 9.17) is 10.1 Å². The predicted molar refractivity (Wildman–Crippen MR) is 143 cm³/mol. The lowest BCUT2D eigenvalue weighted by Crippen LogP contribution is -2.52. The zero-order chi connectivity index (χ0) is 25.1. The first-order valence-electron chi connectivity index (χ1n) is 12.3. The molecule has 35 heavy (non-hydrogen) atoms. The van der Waals surface area contributed by atoms with E-state index in [1.54, 1.807) is 20.4 Å². The van der Waals surface area contributed by atoms with Crippen LogP contribution in [0.3, 0.4) is 0 Å². The maximum atomic E-state index is 13.4. The molecule has 0 aliphatic carbocycles. The number of ether oxygens (including phenoxy) is 1. The Kier molecular flexibility index (Phi) is 7.45. The second-order valence-electron chi connectivity index (χ2n) is 9.68. The Morgan fingerprint density at radius 3 is 2.51 bits per heavy atom. The number of amides is 1. The standard InChI is InChI=1S/C28H37N5O2/c1-18-6-7-23(33-16-24-8-9-25(17-33)32(24)4)13-27(18)28(34)31-19(2)20-10-21(12-26(11-20)35-5)22(14-29)15-30-3/h6-7,10-15,19,24-25,29-30H,8-9,16-17H2,1-5H3,(H,31,34)/b22-15+,29-14?/t19-,24-,25+/m1/s1. The molecule has 2 heterocycles. The Morgan fingerprint density at radius 2 is 1.89 bits per heavy atom. The van der Waals surface area contributed by atoms with Gasteiger partial charge < -0.3 is 25.7 Å². The third kappa shape index (κ3) is 5.20. The maximum Gasteiger partial charge on any atom is 0.252 e. The number of carbonyl (C=O) groups is 1. The van der Waals surface area contributed by atoms with Gasteiger partial charge in [-0.1, -0.05) is 6.07 Å². The number of carbonyl (C=O) groups excluding carboxylic acids is 1. The van der Waals surface area contributed by atoms with Gasteiger partial charge in [-0.15, -0.1) is 0 Å². The average Bonchev–Trinajstić information content (AvgIpc) is 3.06. The summed E-state index contributed by atoms with van der Waals surface area (Å²) < 4.78 is 5.50. The molecule has 2 aromatic rings. The summed E-state index contributed by atoms with van der Waals surface area (Å²) in [5.74, 6) is 0.599. The smallest absolute Gasteiger partial charge is 0.252 e. The van der Waals surface area contributed by atoms with Crippen molar-refractivity contribution in [3.8, 4) is 5.75 Å². The lowest BCUT2D eigenvalue weighted by atomic mass is 9.99. The van der Waals surface area contributed by atoms with Gasteiger partial charge in [0.1, 0.15) is 5.75 Å². The number of nitrogens with one attached hydrogen (secondary N) is 3. The second kappa shape index (κ2) is 10.5. The Labute approximate surface area is 208 Å². The van der Waals surface area contributed by atoms with Gasteiger partial charge in [-0.05, 0) is 80.8 Å². The van der Waals surface area contributed by atoms with Crippen LogP contribution in [0.2, 0.25) is 0 Å². The van der Waals surface area contributed by atoms with E-state index in [1.165, 1.54) is 19.1 Å². The van der Waals surface area contributed by atoms with Crippen LogP contribution in [0.5, 0.6) is 5.75 Å². The normalized spacial score (nSPS) is 20.9. The Balaban J connectivity index is 1.54. The highest BCUT2D eigenvalue weighted by molar-refractivity contribution is 6.08. The van der Waals surface area contributed by atoms with Crippen molar-refractivity contribution in [1.29, 1.82) is 5.41 Å². The molecule has 7 nitrogen and oxygen atoms in total. The molecule has 0 spiro atoms. The van der Waals surface area contributed by atoms with Crippen molar-refractivity contribution in [2.75, 3.05) is 39.2 Å². The van der Waals surface area contributed by atoms with Gasteiger partial charge in [0.2, 0.25) is 0 Å². The number of rotatable bonds is 8. The molecule has 0 aromatic heterocycles. The fraction of sp³-hybridized carbons (Fsp3) is 0.429. The quantitative estimate of drug-likeness (QED) is 0.503. The number of benzene rings is 2. The molecule has 186 valence electrons. The van der Waals surface area contributed by atoms with Crippen molar-refractivity contribution in [2.45, 2.75) is 44.8 Å². The monoisotopic (exact) mass is 475 g/mol. The molecule has 0 unspecified atom stereocenters. The third-order valence-corrected chi connectivity index (χ3v) is 7.48. The summed E-state index contributed by atoms with van der Waals surface area (Å²) >= 11 is 0. The lowest BCUT2D eigenvalue weighted by Gasteiger charge is -2.40. The molecular weight excluding hydrogens is 438 g/mol. The number of methoxy groups -OCH3 is 1. The zero-order valence-electron chi connectivity index (χ0n) is 21.4. The van der Waals surface area contributed by atoms with E-state index >= 15 is 0 Å². The average molecular weight is 476 g/mol. The van der Waals surface area contributed by atoms with Gasteiger partial charge in [0, 0.05) is 61.5 Å². The molecule has 2 aliphatic heterocycles. The summed E-state index contributed by atoms with van der Waals surface area (Å²) in [6, 6.07) is 13.0. The van der Waals surface area contributed by atoms with Crippen LogP contribution in [0.4, 0.5) is 5.69 Å². The van der Waals surface area contributed by atoms with Crippen molar-refractivity contribution < 1.29 is 9.53 Å². The number of hydrogen-bond donors (Lipinski definition) is 3. The van der Waals surface area contributed by atoms with Crippen LogP contribution in [0.1, 0.15) is 52.9 Å². The van der Waals surface area contributed by atoms with E-state index in [0.717, 1.165) is 41.0 Å². The van der Waals surface area contributed by atoms with Gasteiger partial charge in [-0.3, -0.25) is 9.69 Å². The number of aryl methyl sites for hydroxylation is 1. The van der Waals surface area contributed by atoms with Crippen LogP contribution >= 0.6 is 0 Å². The molecule has 2 bridgehead atoms. The molecule has 2 aliphatic rings. The Morgan fingerprint density at radius 1 is 1.17 bits per heavy atom. The molecule has 2 saturated heterocycles. The number of anilines is 1. The maximum absolute atomic E-state index is 13.4. The van der Waals surface area contributed by atoms with Crippen molar-refractivity contribution >= 4 is 23.4 Å². The highest BCUT2D eigenvalue weighted by Gasteiger charge is 2.37. The van der Waals surface area contributed by atoms with E-state index in [1.807, 2.05) is 38.1 Å². The second-order valence-corrected chi connectivity index (χ2v) is 9.68. The highest BCUT2D eigenvalue weighted by Crippen LogP contribution is 2.32. The molecule has 4 rings (SSSR count). The fourth-order valence-electron chi connectivity index (χ4n) is 5.25. The molecule has 1 amide bonds. The summed E-state index contributed by atoms with van der Waals surface area (Å²) in [6.45, 7) is 5.98. The minimum Gasteiger partial charge on any atom is -0.497 e. The van der Waals surface area contributed by atoms with Crippen LogP contribution in [-0.4, -0.2) is 63.4 Å². The first-order chi connectivity index (χ1) is 16.8. The van der Waals surface area contributed by atoms with Crippen LogP contribution < -0.4 is 20.3 Å². The molecular formula is C28H37N5O2. The van der Waals surface area contributed by atoms with E-state index < -0.39 is 0 Å². The Hall–Kier alpha value is -3.32. The molecule has 0 saturated carbocycles. The van der Waals surface area contributed by atoms with Crippen molar-refractivity contribution in [3.63, 3.8) is 0 Å². The highest BCUT2D eigenvalue weighted by atomic mass is 16.5. The van der Waals surface area contributed by atoms with E-state index in [-0.39, 0.29) is 11.9 Å². The van der Waals surface area contributed by atoms with Crippen molar-refractivity contribution in [1.82, 2.24) is 15.5 Å². The number of fused-ring (bicyclic) bond motifs is 2. The van der Waals surface area contributed by atoms with Crippen LogP contribution in [0.15, 0.2) is 42.6 Å². The topological polar surface area (TPSA) is 80.7 Å². The molecule has 0 radical (unpaired) electrons. The number of allylic oxidation sites excluding steroid dienone is 1. The van der Waals surface area contributed by atoms with Crippen molar-refractivity contribution in [3.05, 3.63) is 64.9 Å². The minimum atomic E-state index is -0.236. The summed E-state index contributed by atoms with van der Waals surface area (Å²) in [5.41, 5.74) is 5.29. The first kappa shape index (κ1) is 24.8. The van der Waals surface area contributed by atoms with Gasteiger partial charge in [-0.2, -0.15) is 0 Å². The summed E-state index contributed by atoms with van der Waals surface area (Å²) in [4.78, 5) is 18.3. The van der Waals surface area contributed by atoms with Gasteiger partial charge in [0.05, 0.1) is 13.2 Å². The number of piperazine rings is 1. The number of nitrogens with zero attached hydrogens (tertiary/aromatic N) is 2. The van der Waals surface area contributed by atoms with Crippen molar-refractivity contribution in [2.24, 2.45) is 0 Å².